The molecule has 0 saturated carbocycles. The minimum atomic E-state index is -0.356. The van der Waals surface area contributed by atoms with Gasteiger partial charge in [-0.3, -0.25) is 9.59 Å². The van der Waals surface area contributed by atoms with E-state index in [0.717, 1.165) is 0 Å². The van der Waals surface area contributed by atoms with E-state index >= 15 is 0 Å². The summed E-state index contributed by atoms with van der Waals surface area (Å²) in [6.45, 7) is 0.685. The molecule has 1 aliphatic heterocycles. The molecule has 0 unspecified atom stereocenters. The Hall–Kier alpha value is -2.28. The maximum absolute atomic E-state index is 14.0. The van der Waals surface area contributed by atoms with Gasteiger partial charge >= 0.3 is 0 Å². The number of amides is 2. The lowest BCUT2D eigenvalue weighted by molar-refractivity contribution is -0.128. The van der Waals surface area contributed by atoms with Crippen LogP contribution in [0.4, 0.5) is 4.39 Å². The van der Waals surface area contributed by atoms with E-state index in [1.807, 2.05) is 0 Å². The largest absolute Gasteiger partial charge is 0.459 e. The molecule has 0 bridgehead atoms. The van der Waals surface area contributed by atoms with Crippen molar-refractivity contribution < 1.29 is 18.4 Å². The summed E-state index contributed by atoms with van der Waals surface area (Å²) in [5.41, 5.74) is 0.494. The number of nitrogens with zero attached hydrogens (tertiary/aromatic N) is 2. The molecule has 0 N–H and O–H groups in total. The van der Waals surface area contributed by atoms with Gasteiger partial charge in [-0.05, 0) is 18.2 Å². The summed E-state index contributed by atoms with van der Waals surface area (Å²) in [6.07, 6.45) is 1.44. The second-order valence-electron chi connectivity index (χ2n) is 5.48. The van der Waals surface area contributed by atoms with E-state index in [9.17, 15) is 14.0 Å². The van der Waals surface area contributed by atoms with Crippen molar-refractivity contribution in [3.63, 3.8) is 0 Å². The van der Waals surface area contributed by atoms with Crippen LogP contribution in [0.15, 0.2) is 47.1 Å². The van der Waals surface area contributed by atoms with Gasteiger partial charge in [0.2, 0.25) is 5.91 Å². The maximum atomic E-state index is 14.0. The van der Waals surface area contributed by atoms with Gasteiger partial charge in [0.25, 0.3) is 5.91 Å². The van der Waals surface area contributed by atoms with Crippen molar-refractivity contribution in [1.29, 1.82) is 0 Å². The minimum Gasteiger partial charge on any atom is -0.459 e. The Balaban J connectivity index is 1.67. The minimum absolute atomic E-state index is 0.0490. The lowest BCUT2D eigenvalue weighted by atomic mass is 10.2. The number of thioether (sulfide) groups is 1. The highest BCUT2D eigenvalue weighted by atomic mass is 32.2. The number of hydrogen-bond donors (Lipinski definition) is 0. The Labute approximate surface area is 143 Å². The Morgan fingerprint density at radius 2 is 2.17 bits per heavy atom. The van der Waals surface area contributed by atoms with Crippen LogP contribution in [0.2, 0.25) is 0 Å². The van der Waals surface area contributed by atoms with Crippen molar-refractivity contribution in [3.8, 4) is 0 Å². The van der Waals surface area contributed by atoms with Crippen LogP contribution in [-0.2, 0) is 4.79 Å². The molecule has 2 aromatic rings. The van der Waals surface area contributed by atoms with Crippen LogP contribution < -0.4 is 0 Å². The van der Waals surface area contributed by atoms with Gasteiger partial charge in [-0.2, -0.15) is 0 Å². The van der Waals surface area contributed by atoms with Crippen molar-refractivity contribution in [2.45, 2.75) is 5.37 Å². The topological polar surface area (TPSA) is 53.8 Å². The molecule has 126 valence electrons. The molecule has 1 aliphatic rings. The fraction of sp³-hybridized carbons (Fsp3) is 0.294. The second-order valence-corrected chi connectivity index (χ2v) is 6.54. The molecule has 2 heterocycles. The van der Waals surface area contributed by atoms with Crippen LogP contribution in [0, 0.1) is 5.82 Å². The fourth-order valence-electron chi connectivity index (χ4n) is 2.58. The summed E-state index contributed by atoms with van der Waals surface area (Å²) in [4.78, 5) is 27.4. The van der Waals surface area contributed by atoms with Gasteiger partial charge in [0.15, 0.2) is 5.76 Å². The zero-order valence-corrected chi connectivity index (χ0v) is 14.0. The Morgan fingerprint density at radius 1 is 1.38 bits per heavy atom. The number of rotatable bonds is 5. The smallest absolute Gasteiger partial charge is 0.289 e. The molecule has 0 aliphatic carbocycles. The summed E-state index contributed by atoms with van der Waals surface area (Å²) >= 11 is 1.40. The van der Waals surface area contributed by atoms with E-state index in [1.165, 1.54) is 29.0 Å². The van der Waals surface area contributed by atoms with Crippen LogP contribution in [0.5, 0.6) is 0 Å². The third-order valence-corrected chi connectivity index (χ3v) is 5.13. The lowest BCUT2D eigenvalue weighted by Crippen LogP contribution is -2.38. The standard InChI is InChI=1S/C17H17FN2O3S/c1-19(16(22)14-7-4-10-23-14)8-9-20-15(21)11-24-17(20)12-5-2-3-6-13(12)18/h2-7,10,17H,8-9,11H2,1H3/t17-/m0/s1. The van der Waals surface area contributed by atoms with Crippen LogP contribution in [-0.4, -0.2) is 47.5 Å². The molecular formula is C17H17FN2O3S. The first-order chi connectivity index (χ1) is 11.6. The summed E-state index contributed by atoms with van der Waals surface area (Å²) in [5.74, 6) is -0.0525. The van der Waals surface area contributed by atoms with Crippen LogP contribution in [0.25, 0.3) is 0 Å². The third-order valence-electron chi connectivity index (χ3n) is 3.89. The van der Waals surface area contributed by atoms with E-state index in [2.05, 4.69) is 0 Å². The first-order valence-corrected chi connectivity index (χ1v) is 8.57. The fourth-order valence-corrected chi connectivity index (χ4v) is 3.82. The quantitative estimate of drug-likeness (QED) is 0.834. The Kier molecular flexibility index (Phi) is 4.89. The van der Waals surface area contributed by atoms with E-state index < -0.39 is 0 Å². The molecule has 3 rings (SSSR count). The number of likely N-dealkylation sites (N-methyl/N-ethyl adjacent to an activating group) is 1. The number of benzene rings is 1. The highest BCUT2D eigenvalue weighted by Crippen LogP contribution is 2.39. The summed E-state index contributed by atoms with van der Waals surface area (Å²) < 4.78 is 19.1. The van der Waals surface area contributed by atoms with Gasteiger partial charge < -0.3 is 14.2 Å². The monoisotopic (exact) mass is 348 g/mol. The van der Waals surface area contributed by atoms with Gasteiger partial charge in [-0.1, -0.05) is 18.2 Å². The predicted molar refractivity (Wildman–Crippen MR) is 89.0 cm³/mol. The molecule has 0 radical (unpaired) electrons. The van der Waals surface area contributed by atoms with Crippen LogP contribution in [0.3, 0.4) is 0 Å². The number of furan rings is 1. The van der Waals surface area contributed by atoms with Gasteiger partial charge in [0.05, 0.1) is 12.0 Å². The van der Waals surface area contributed by atoms with Crippen LogP contribution >= 0.6 is 11.8 Å². The van der Waals surface area contributed by atoms with Gasteiger partial charge in [0, 0.05) is 25.7 Å². The lowest BCUT2D eigenvalue weighted by Gasteiger charge is -2.26. The summed E-state index contributed by atoms with van der Waals surface area (Å²) in [6, 6.07) is 9.71. The van der Waals surface area contributed by atoms with Crippen LogP contribution in [0.1, 0.15) is 21.5 Å². The van der Waals surface area contributed by atoms with E-state index in [-0.39, 0.29) is 28.8 Å². The zero-order valence-electron chi connectivity index (χ0n) is 13.1. The summed E-state index contributed by atoms with van der Waals surface area (Å²) in [7, 11) is 1.65. The van der Waals surface area contributed by atoms with E-state index in [4.69, 9.17) is 4.42 Å². The molecule has 1 saturated heterocycles. The highest BCUT2D eigenvalue weighted by molar-refractivity contribution is 8.00. The molecule has 1 aromatic heterocycles. The normalized spacial score (nSPS) is 17.3. The molecule has 2 amide bonds. The number of hydrogen-bond acceptors (Lipinski definition) is 4. The number of carbonyl (C=O) groups excluding carboxylic acids is 2. The van der Waals surface area contributed by atoms with Gasteiger partial charge in [-0.25, -0.2) is 4.39 Å². The van der Waals surface area contributed by atoms with E-state index in [0.29, 0.717) is 24.4 Å². The zero-order chi connectivity index (χ0) is 17.1. The molecule has 24 heavy (non-hydrogen) atoms. The number of carbonyl (C=O) groups is 2. The highest BCUT2D eigenvalue weighted by Gasteiger charge is 2.34. The predicted octanol–water partition coefficient (Wildman–Crippen LogP) is 2.76. The van der Waals surface area contributed by atoms with Crippen molar-refractivity contribution in [2.75, 3.05) is 25.9 Å². The molecule has 1 fully saturated rings. The molecule has 5 nitrogen and oxygen atoms in total. The second kappa shape index (κ2) is 7.09. The molecule has 7 heteroatoms. The summed E-state index contributed by atoms with van der Waals surface area (Å²) in [5, 5.41) is -0.356. The SMILES string of the molecule is CN(CCN1C(=O)CS[C@H]1c1ccccc1F)C(=O)c1ccco1. The maximum Gasteiger partial charge on any atom is 0.289 e. The Bertz CT molecular complexity index is 735. The van der Waals surface area contributed by atoms with Crippen molar-refractivity contribution in [1.82, 2.24) is 9.80 Å². The average molecular weight is 348 g/mol. The first kappa shape index (κ1) is 16.6. The van der Waals surface area contributed by atoms with Crippen molar-refractivity contribution >= 4 is 23.6 Å². The molecule has 1 aromatic carbocycles. The van der Waals surface area contributed by atoms with E-state index in [1.54, 1.807) is 42.3 Å². The Morgan fingerprint density at radius 3 is 2.88 bits per heavy atom. The first-order valence-electron chi connectivity index (χ1n) is 7.52. The van der Waals surface area contributed by atoms with Gasteiger partial charge in [0.1, 0.15) is 11.2 Å². The molecule has 0 spiro atoms. The third kappa shape index (κ3) is 3.31. The number of halogens is 1. The van der Waals surface area contributed by atoms with Crippen molar-refractivity contribution in [2.24, 2.45) is 0 Å². The van der Waals surface area contributed by atoms with Gasteiger partial charge in [-0.15, -0.1) is 11.8 Å². The average Bonchev–Trinajstić information content (AvgIpc) is 3.23. The molecule has 1 atom stereocenters. The molecular weight excluding hydrogens is 331 g/mol. The van der Waals surface area contributed by atoms with Crippen molar-refractivity contribution in [3.05, 3.63) is 59.8 Å².